The lowest BCUT2D eigenvalue weighted by Gasteiger charge is -2.37. The number of piperidine rings is 1. The van der Waals surface area contributed by atoms with E-state index in [1.165, 1.54) is 0 Å². The number of alkyl halides is 1. The van der Waals surface area contributed by atoms with E-state index in [-0.39, 0.29) is 36.0 Å². The molecule has 1 aromatic carbocycles. The van der Waals surface area contributed by atoms with Gasteiger partial charge in [-0.2, -0.15) is 0 Å². The number of carbonyl (C=O) groups excluding carboxylic acids is 2. The summed E-state index contributed by atoms with van der Waals surface area (Å²) in [6.45, 7) is 3.28. The average Bonchev–Trinajstić information content (AvgIpc) is 4.05. The first-order valence-electron chi connectivity index (χ1n) is 18.4. The highest BCUT2D eigenvalue weighted by molar-refractivity contribution is 6.00. The maximum Gasteiger partial charge on any atom is 0.254 e. The van der Waals surface area contributed by atoms with Gasteiger partial charge in [0.2, 0.25) is 5.91 Å². The second kappa shape index (κ2) is 10.5. The molecule has 0 spiro atoms. The number of nitrogens with two attached hydrogens (primary N) is 1. The molecule has 4 aromatic rings. The van der Waals surface area contributed by atoms with E-state index < -0.39 is 11.6 Å². The smallest absolute Gasteiger partial charge is 0.254 e. The molecule has 3 aromatic heterocycles. The monoisotopic (exact) mass is 665 g/mol. The van der Waals surface area contributed by atoms with Crippen molar-refractivity contribution in [3.63, 3.8) is 0 Å². The number of aromatic nitrogens is 4. The highest BCUT2D eigenvalue weighted by atomic mass is 19.1. The minimum atomic E-state index is -1.38. The zero-order chi connectivity index (χ0) is 33.3. The molecule has 2 aliphatic heterocycles. The third-order valence-corrected chi connectivity index (χ3v) is 12.8. The first kappa shape index (κ1) is 29.9. The first-order chi connectivity index (χ1) is 23.7. The zero-order valence-corrected chi connectivity index (χ0v) is 28.2. The Morgan fingerprint density at radius 2 is 1.86 bits per heavy atom. The minimum absolute atomic E-state index is 0.00362. The van der Waals surface area contributed by atoms with Crippen LogP contribution in [0, 0.1) is 23.7 Å². The predicted octanol–water partition coefficient (Wildman–Crippen LogP) is 5.68. The maximum absolute atomic E-state index is 15.5. The van der Waals surface area contributed by atoms with E-state index >= 15 is 4.39 Å². The van der Waals surface area contributed by atoms with Crippen LogP contribution in [0.2, 0.25) is 0 Å². The Morgan fingerprint density at radius 1 is 1.02 bits per heavy atom. The Kier molecular flexibility index (Phi) is 6.41. The largest absolute Gasteiger partial charge is 0.494 e. The van der Waals surface area contributed by atoms with Crippen LogP contribution >= 0.6 is 0 Å². The van der Waals surface area contributed by atoms with Crippen molar-refractivity contribution in [1.82, 2.24) is 29.3 Å². The van der Waals surface area contributed by atoms with E-state index in [9.17, 15) is 9.59 Å². The molecule has 4 saturated carbocycles. The number of nitrogens with zero attached hydrogens (tertiary/aromatic N) is 5. The molecule has 0 radical (unpaired) electrons. The number of ether oxygens (including phenoxy) is 1. The molecule has 8 atom stereocenters. The van der Waals surface area contributed by atoms with E-state index in [0.29, 0.717) is 48.5 Å². The van der Waals surface area contributed by atoms with Crippen molar-refractivity contribution in [2.75, 3.05) is 13.7 Å². The fourth-order valence-electron chi connectivity index (χ4n) is 9.52. The number of likely N-dealkylation sites (tertiary alicyclic amines) is 1. The van der Waals surface area contributed by atoms with Crippen molar-refractivity contribution in [2.24, 2.45) is 29.4 Å². The molecule has 256 valence electrons. The van der Waals surface area contributed by atoms with Gasteiger partial charge in [0.1, 0.15) is 22.6 Å². The van der Waals surface area contributed by atoms with Gasteiger partial charge in [0.05, 0.1) is 36.0 Å². The lowest BCUT2D eigenvalue weighted by atomic mass is 9.94. The molecule has 6 aliphatic rings. The van der Waals surface area contributed by atoms with E-state index in [1.807, 2.05) is 30.0 Å². The number of rotatable bonds is 4. The summed E-state index contributed by atoms with van der Waals surface area (Å²) in [6, 6.07) is 10.3. The quantitative estimate of drug-likeness (QED) is 0.289. The van der Waals surface area contributed by atoms with Crippen LogP contribution in [0.5, 0.6) is 5.75 Å². The van der Waals surface area contributed by atoms with Gasteiger partial charge in [-0.25, -0.2) is 14.4 Å². The molecular formula is C38H44FN7O3. The molecular weight excluding hydrogens is 621 g/mol. The molecule has 10 nitrogen and oxygen atoms in total. The van der Waals surface area contributed by atoms with Crippen molar-refractivity contribution in [2.45, 2.75) is 101 Å². The summed E-state index contributed by atoms with van der Waals surface area (Å²) in [5.74, 6) is 2.09. The first-order valence-corrected chi connectivity index (χ1v) is 18.4. The third kappa shape index (κ3) is 4.74. The van der Waals surface area contributed by atoms with Gasteiger partial charge in [-0.3, -0.25) is 9.59 Å². The lowest BCUT2D eigenvalue weighted by molar-refractivity contribution is -0.124. The van der Waals surface area contributed by atoms with Crippen LogP contribution in [0.3, 0.4) is 0 Å². The molecule has 2 amide bonds. The van der Waals surface area contributed by atoms with Gasteiger partial charge >= 0.3 is 0 Å². The number of hydrogen-bond acceptors (Lipinski definition) is 6. The van der Waals surface area contributed by atoms with Crippen molar-refractivity contribution in [1.29, 1.82) is 0 Å². The van der Waals surface area contributed by atoms with E-state index in [4.69, 9.17) is 20.4 Å². The number of amides is 2. The van der Waals surface area contributed by atoms with Gasteiger partial charge < -0.3 is 29.8 Å². The summed E-state index contributed by atoms with van der Waals surface area (Å²) < 4.78 is 26.2. The molecule has 3 N–H and O–H groups in total. The lowest BCUT2D eigenvalue weighted by Crippen LogP contribution is -2.51. The fraction of sp³-hybridized carbons (Fsp3) is 0.579. The van der Waals surface area contributed by atoms with Gasteiger partial charge in [0.25, 0.3) is 5.91 Å². The van der Waals surface area contributed by atoms with Gasteiger partial charge in [-0.1, -0.05) is 0 Å². The second-order valence-electron chi connectivity index (χ2n) is 16.0. The molecule has 4 aliphatic carbocycles. The molecule has 1 saturated heterocycles. The predicted molar refractivity (Wildman–Crippen MR) is 183 cm³/mol. The highest BCUT2D eigenvalue weighted by Gasteiger charge is 2.60. The number of hydrogen-bond donors (Lipinski definition) is 2. The topological polar surface area (TPSA) is 120 Å². The Balaban J connectivity index is 1.09. The number of methoxy groups -OCH3 is 1. The van der Waals surface area contributed by atoms with Crippen LogP contribution in [-0.2, 0) is 11.3 Å². The van der Waals surface area contributed by atoms with E-state index in [1.54, 1.807) is 7.11 Å². The molecule has 4 bridgehead atoms. The highest BCUT2D eigenvalue weighted by Crippen LogP contribution is 2.55. The van der Waals surface area contributed by atoms with Crippen LogP contribution in [0.1, 0.15) is 92.8 Å². The van der Waals surface area contributed by atoms with E-state index in [2.05, 4.69) is 26.6 Å². The van der Waals surface area contributed by atoms with Crippen molar-refractivity contribution < 1.29 is 18.7 Å². The summed E-state index contributed by atoms with van der Waals surface area (Å²) in [7, 11) is 1.67. The Bertz CT molecular complexity index is 2050. The average molecular weight is 666 g/mol. The maximum atomic E-state index is 15.5. The summed E-state index contributed by atoms with van der Waals surface area (Å²) in [5, 5.41) is 4.06. The van der Waals surface area contributed by atoms with Crippen molar-refractivity contribution >= 4 is 33.9 Å². The van der Waals surface area contributed by atoms with Crippen LogP contribution in [0.25, 0.3) is 33.6 Å². The van der Waals surface area contributed by atoms with Gasteiger partial charge in [-0.05, 0) is 113 Å². The third-order valence-electron chi connectivity index (χ3n) is 12.8. The van der Waals surface area contributed by atoms with Gasteiger partial charge in [0, 0.05) is 42.2 Å². The number of carbonyl (C=O) groups is 2. The Labute approximate surface area is 284 Å². The Morgan fingerprint density at radius 3 is 2.67 bits per heavy atom. The number of nitrogens with one attached hydrogen (secondary N) is 1. The number of halogens is 1. The van der Waals surface area contributed by atoms with Crippen molar-refractivity contribution in [3.8, 4) is 17.3 Å². The van der Waals surface area contributed by atoms with E-state index in [0.717, 1.165) is 90.8 Å². The van der Waals surface area contributed by atoms with Crippen LogP contribution in [0.4, 0.5) is 4.39 Å². The molecule has 49 heavy (non-hydrogen) atoms. The zero-order valence-electron chi connectivity index (χ0n) is 28.2. The van der Waals surface area contributed by atoms with Crippen LogP contribution in [-0.4, -0.2) is 67.2 Å². The summed E-state index contributed by atoms with van der Waals surface area (Å²) in [6.07, 6.45) is 7.78. The number of pyridine rings is 1. The standard InChI is InChI=1S/C38H44FN7O3/c1-19-29-8-4-22-14-31(45(34(22)42-29)17-24-11-20(24)9-10-38(39)16-27(38)36(47)41-19)35-43-30-13-23(15-32(49-2)33(30)46(35)25-6-7-25)37(48)44-18-28(40)21-3-5-26(44)12-21/h4,8,13-15,19-21,24-28H,3,5-7,9-12,16-18,40H2,1-2H3,(H,41,47)/t19-,20-,21-,24-,26+,27+,28+,38+/m1/s1. The number of fused-ring (bicyclic) bond motifs is 6. The molecule has 10 rings (SSSR count). The normalized spacial score (nSPS) is 33.7. The minimum Gasteiger partial charge on any atom is -0.494 e. The van der Waals surface area contributed by atoms with Crippen molar-refractivity contribution in [3.05, 3.63) is 41.6 Å². The molecule has 5 heterocycles. The molecule has 11 heteroatoms. The van der Waals surface area contributed by atoms with Crippen LogP contribution in [0.15, 0.2) is 30.3 Å². The number of benzene rings is 1. The molecule has 0 unspecified atom stereocenters. The SMILES string of the molecule is COc1cc(C(=O)N2C[C@H](N)[C@@H]3CC[C@H]2C3)cc2nc(-c3cc4ccc5nc4n3C[C@H]3C[C@H]3CC[C@]3(F)C[C@H]3C(=O)N[C@@H]5C)n(C3CC3)c12. The Hall–Kier alpha value is -3.99. The van der Waals surface area contributed by atoms with Gasteiger partial charge in [-0.15, -0.1) is 0 Å². The molecule has 5 fully saturated rings. The summed E-state index contributed by atoms with van der Waals surface area (Å²) in [5.41, 5.74) is 9.97. The summed E-state index contributed by atoms with van der Waals surface area (Å²) >= 11 is 0. The summed E-state index contributed by atoms with van der Waals surface area (Å²) in [4.78, 5) is 39.5. The number of imidazole rings is 1. The van der Waals surface area contributed by atoms with Gasteiger partial charge in [0.15, 0.2) is 5.82 Å². The fourth-order valence-corrected chi connectivity index (χ4v) is 9.52. The van der Waals surface area contributed by atoms with Crippen LogP contribution < -0.4 is 15.8 Å². The second-order valence-corrected chi connectivity index (χ2v) is 16.0.